The molecule has 4 aromatic rings. The van der Waals surface area contributed by atoms with Crippen LogP contribution in [-0.2, 0) is 32.6 Å². The number of nitrogens with one attached hydrogen (secondary N) is 1. The molecule has 1 N–H and O–H groups in total. The van der Waals surface area contributed by atoms with Gasteiger partial charge in [-0.3, -0.25) is 13.9 Å². The van der Waals surface area contributed by atoms with Crippen molar-refractivity contribution in [1.82, 2.24) is 10.2 Å². The summed E-state index contributed by atoms with van der Waals surface area (Å²) in [7, 11) is -4.24. The molecular weight excluding hydrogens is 689 g/mol. The molecule has 2 amide bonds. The number of nitrogens with zero attached hydrogens (tertiary/aromatic N) is 2. The minimum atomic E-state index is -4.24. The number of anilines is 1. The summed E-state index contributed by atoms with van der Waals surface area (Å²) in [5.74, 6) is -0.858. The smallest absolute Gasteiger partial charge is 0.264 e. The van der Waals surface area contributed by atoms with Gasteiger partial charge in [0.2, 0.25) is 11.8 Å². The quantitative estimate of drug-likeness (QED) is 0.160. The van der Waals surface area contributed by atoms with E-state index in [1.54, 1.807) is 55.5 Å². The van der Waals surface area contributed by atoms with Crippen LogP contribution >= 0.6 is 34.8 Å². The van der Waals surface area contributed by atoms with E-state index < -0.39 is 28.5 Å². The zero-order chi connectivity index (χ0) is 34.4. The summed E-state index contributed by atoms with van der Waals surface area (Å²) in [6, 6.07) is 24.8. The van der Waals surface area contributed by atoms with Crippen molar-refractivity contribution >= 4 is 62.3 Å². The molecule has 252 valence electrons. The topological polar surface area (TPSA) is 86.8 Å². The van der Waals surface area contributed by atoms with Crippen molar-refractivity contribution in [3.8, 4) is 0 Å². The summed E-state index contributed by atoms with van der Waals surface area (Å²) in [6.45, 7) is 3.03. The van der Waals surface area contributed by atoms with Crippen LogP contribution in [0.3, 0.4) is 0 Å². The summed E-state index contributed by atoms with van der Waals surface area (Å²) in [4.78, 5) is 30.4. The lowest BCUT2D eigenvalue weighted by Crippen LogP contribution is -2.54. The second-order valence-electron chi connectivity index (χ2n) is 12.2. The highest BCUT2D eigenvalue weighted by Gasteiger charge is 2.36. The minimum Gasteiger partial charge on any atom is -0.352 e. The van der Waals surface area contributed by atoms with Crippen LogP contribution in [-0.4, -0.2) is 43.8 Å². The fourth-order valence-corrected chi connectivity index (χ4v) is 8.03. The van der Waals surface area contributed by atoms with Gasteiger partial charge in [-0.2, -0.15) is 0 Å². The second kappa shape index (κ2) is 15.8. The highest BCUT2D eigenvalue weighted by Crippen LogP contribution is 2.30. The van der Waals surface area contributed by atoms with Crippen LogP contribution in [0.5, 0.6) is 0 Å². The van der Waals surface area contributed by atoms with Gasteiger partial charge in [0.15, 0.2) is 0 Å². The van der Waals surface area contributed by atoms with Crippen LogP contribution in [0.1, 0.15) is 47.9 Å². The standard InChI is InChI=1S/C37H38Cl3N3O4S/c1-25-12-16-31(17-13-25)48(46,47)43(34-19-15-29(38)20-26(34)2)24-36(44)42(23-28-14-18-32(39)33(40)21-28)35(22-27-8-4-3-5-9-27)37(45)41-30-10-6-7-11-30/h3-5,8-9,12-21,30,35H,6-7,10-11,22-24H2,1-2H3,(H,41,45). The molecule has 0 radical (unpaired) electrons. The number of hydrogen-bond acceptors (Lipinski definition) is 4. The molecular formula is C37H38Cl3N3O4S. The van der Waals surface area contributed by atoms with E-state index in [1.807, 2.05) is 37.3 Å². The minimum absolute atomic E-state index is 0.00725. The highest BCUT2D eigenvalue weighted by molar-refractivity contribution is 7.92. The maximum Gasteiger partial charge on any atom is 0.264 e. The van der Waals surface area contributed by atoms with Crippen LogP contribution in [0, 0.1) is 13.8 Å². The van der Waals surface area contributed by atoms with Crippen molar-refractivity contribution in [3.63, 3.8) is 0 Å². The predicted molar refractivity (Wildman–Crippen MR) is 193 cm³/mol. The number of sulfonamides is 1. The second-order valence-corrected chi connectivity index (χ2v) is 15.3. The number of carbonyl (C=O) groups excluding carboxylic acids is 2. The SMILES string of the molecule is Cc1ccc(S(=O)(=O)N(CC(=O)N(Cc2ccc(Cl)c(Cl)c2)C(Cc2ccccc2)C(=O)NC2CCCC2)c2ccc(Cl)cc2C)cc1. The Labute approximate surface area is 297 Å². The molecule has 48 heavy (non-hydrogen) atoms. The summed E-state index contributed by atoms with van der Waals surface area (Å²) in [5.41, 5.74) is 3.26. The molecule has 0 aliphatic heterocycles. The Hall–Kier alpha value is -3.56. The summed E-state index contributed by atoms with van der Waals surface area (Å²) < 4.78 is 29.7. The Balaban J connectivity index is 1.59. The molecule has 1 atom stereocenters. The lowest BCUT2D eigenvalue weighted by atomic mass is 10.0. The lowest BCUT2D eigenvalue weighted by molar-refractivity contribution is -0.140. The van der Waals surface area contributed by atoms with Crippen LogP contribution in [0.25, 0.3) is 0 Å². The Morgan fingerprint density at radius 1 is 0.833 bits per heavy atom. The van der Waals surface area contributed by atoms with E-state index in [-0.39, 0.29) is 29.8 Å². The average molecular weight is 727 g/mol. The lowest BCUT2D eigenvalue weighted by Gasteiger charge is -2.34. The molecule has 4 aromatic carbocycles. The van der Waals surface area contributed by atoms with Gasteiger partial charge in [-0.15, -0.1) is 0 Å². The molecule has 1 saturated carbocycles. The normalized spacial score (nSPS) is 14.0. The average Bonchev–Trinajstić information content (AvgIpc) is 3.57. The largest absolute Gasteiger partial charge is 0.352 e. The first-order valence-electron chi connectivity index (χ1n) is 15.9. The van der Waals surface area contributed by atoms with Crippen LogP contribution in [0.2, 0.25) is 15.1 Å². The molecule has 7 nitrogen and oxygen atoms in total. The van der Waals surface area contributed by atoms with Gasteiger partial charge in [-0.05, 0) is 85.8 Å². The molecule has 0 spiro atoms. The van der Waals surface area contributed by atoms with E-state index in [0.717, 1.165) is 41.1 Å². The molecule has 0 saturated heterocycles. The Kier molecular flexibility index (Phi) is 11.7. The number of halogens is 3. The summed E-state index contributed by atoms with van der Waals surface area (Å²) in [5, 5.41) is 4.27. The monoisotopic (exact) mass is 725 g/mol. The van der Waals surface area contributed by atoms with Crippen LogP contribution in [0.15, 0.2) is 95.9 Å². The number of aryl methyl sites for hydroxylation is 2. The zero-order valence-corrected chi connectivity index (χ0v) is 29.9. The van der Waals surface area contributed by atoms with Crippen molar-refractivity contribution in [3.05, 3.63) is 128 Å². The maximum absolute atomic E-state index is 14.7. The first-order valence-corrected chi connectivity index (χ1v) is 18.4. The number of carbonyl (C=O) groups is 2. The molecule has 11 heteroatoms. The fourth-order valence-electron chi connectivity index (χ4n) is 6.01. The number of hydrogen-bond donors (Lipinski definition) is 1. The summed E-state index contributed by atoms with van der Waals surface area (Å²) >= 11 is 18.9. The molecule has 1 fully saturated rings. The van der Waals surface area contributed by atoms with Gasteiger partial charge >= 0.3 is 0 Å². The van der Waals surface area contributed by atoms with Gasteiger partial charge < -0.3 is 10.2 Å². The highest BCUT2D eigenvalue weighted by atomic mass is 35.5. The van der Waals surface area contributed by atoms with E-state index in [0.29, 0.717) is 31.9 Å². The molecule has 0 aromatic heterocycles. The van der Waals surface area contributed by atoms with Crippen molar-refractivity contribution in [2.75, 3.05) is 10.8 Å². The zero-order valence-electron chi connectivity index (χ0n) is 26.8. The van der Waals surface area contributed by atoms with Crippen molar-refractivity contribution in [1.29, 1.82) is 0 Å². The van der Waals surface area contributed by atoms with Crippen molar-refractivity contribution in [2.45, 2.75) is 69.5 Å². The van der Waals surface area contributed by atoms with Gasteiger partial charge in [-0.25, -0.2) is 8.42 Å². The number of rotatable bonds is 12. The van der Waals surface area contributed by atoms with Gasteiger partial charge in [-0.1, -0.05) is 102 Å². The van der Waals surface area contributed by atoms with E-state index in [1.165, 1.54) is 17.0 Å². The van der Waals surface area contributed by atoms with Gasteiger partial charge in [0, 0.05) is 24.0 Å². The molecule has 1 aliphatic rings. The predicted octanol–water partition coefficient (Wildman–Crippen LogP) is 8.16. The van der Waals surface area contributed by atoms with Gasteiger partial charge in [0.05, 0.1) is 20.6 Å². The van der Waals surface area contributed by atoms with Gasteiger partial charge in [0.25, 0.3) is 10.0 Å². The Bertz CT molecular complexity index is 1860. The molecule has 1 unspecified atom stereocenters. The Morgan fingerprint density at radius 3 is 2.17 bits per heavy atom. The van der Waals surface area contributed by atoms with Gasteiger partial charge in [0.1, 0.15) is 12.6 Å². The fraction of sp³-hybridized carbons (Fsp3) is 0.297. The third-order valence-electron chi connectivity index (χ3n) is 8.62. The first kappa shape index (κ1) is 35.7. The van der Waals surface area contributed by atoms with E-state index >= 15 is 0 Å². The molecule has 0 heterocycles. The molecule has 5 rings (SSSR count). The first-order chi connectivity index (χ1) is 22.9. The Morgan fingerprint density at radius 2 is 1.52 bits per heavy atom. The van der Waals surface area contributed by atoms with E-state index in [4.69, 9.17) is 34.8 Å². The molecule has 0 bridgehead atoms. The third-order valence-corrected chi connectivity index (χ3v) is 11.4. The van der Waals surface area contributed by atoms with Crippen molar-refractivity contribution in [2.24, 2.45) is 0 Å². The van der Waals surface area contributed by atoms with Crippen molar-refractivity contribution < 1.29 is 18.0 Å². The third kappa shape index (κ3) is 8.72. The summed E-state index contributed by atoms with van der Waals surface area (Å²) in [6.07, 6.45) is 3.99. The van der Waals surface area contributed by atoms with Crippen LogP contribution in [0.4, 0.5) is 5.69 Å². The molecule has 1 aliphatic carbocycles. The maximum atomic E-state index is 14.7. The number of benzene rings is 4. The van der Waals surface area contributed by atoms with E-state index in [9.17, 15) is 18.0 Å². The van der Waals surface area contributed by atoms with Crippen LogP contribution < -0.4 is 9.62 Å². The number of amides is 2. The van der Waals surface area contributed by atoms with E-state index in [2.05, 4.69) is 5.32 Å².